The van der Waals surface area contributed by atoms with Gasteiger partial charge in [0.05, 0.1) is 18.2 Å². The van der Waals surface area contributed by atoms with Crippen LogP contribution in [0.1, 0.15) is 49.9 Å². The third-order valence-electron chi connectivity index (χ3n) is 3.97. The molecule has 1 atom stereocenters. The molecule has 1 aromatic rings. The third kappa shape index (κ3) is 4.47. The maximum absolute atomic E-state index is 12.3. The van der Waals surface area contributed by atoms with Gasteiger partial charge in [0.25, 0.3) is 5.91 Å². The lowest BCUT2D eigenvalue weighted by Gasteiger charge is -2.19. The summed E-state index contributed by atoms with van der Waals surface area (Å²) in [5, 5.41) is 4.31. The molecular formula is C17H23BrN2O3. The fraction of sp³-hybridized carbons (Fsp3) is 0.529. The Morgan fingerprint density at radius 1 is 1.43 bits per heavy atom. The van der Waals surface area contributed by atoms with Gasteiger partial charge in [-0.15, -0.1) is 0 Å². The zero-order chi connectivity index (χ0) is 16.8. The van der Waals surface area contributed by atoms with Gasteiger partial charge in [-0.3, -0.25) is 4.79 Å². The van der Waals surface area contributed by atoms with E-state index >= 15 is 0 Å². The van der Waals surface area contributed by atoms with Crippen LogP contribution in [0, 0.1) is 5.92 Å². The van der Waals surface area contributed by atoms with E-state index in [-0.39, 0.29) is 5.91 Å². The van der Waals surface area contributed by atoms with Gasteiger partial charge in [-0.05, 0) is 60.2 Å². The summed E-state index contributed by atoms with van der Waals surface area (Å²) in [5.74, 6) is 1.30. The van der Waals surface area contributed by atoms with E-state index < -0.39 is 0 Å². The molecule has 0 aromatic heterocycles. The molecule has 126 valence electrons. The Balaban J connectivity index is 2.16. The van der Waals surface area contributed by atoms with E-state index in [0.717, 1.165) is 25.0 Å². The molecule has 6 heteroatoms. The maximum atomic E-state index is 12.3. The van der Waals surface area contributed by atoms with E-state index in [0.29, 0.717) is 34.1 Å². The summed E-state index contributed by atoms with van der Waals surface area (Å²) in [6.45, 7) is 4.57. The Labute approximate surface area is 145 Å². The van der Waals surface area contributed by atoms with Gasteiger partial charge in [-0.2, -0.15) is 5.10 Å². The zero-order valence-corrected chi connectivity index (χ0v) is 15.4. The number of hydrogen-bond acceptors (Lipinski definition) is 4. The number of halogens is 1. The lowest BCUT2D eigenvalue weighted by atomic mass is 9.89. The van der Waals surface area contributed by atoms with E-state index in [2.05, 4.69) is 33.4 Å². The molecule has 1 fully saturated rings. The van der Waals surface area contributed by atoms with E-state index in [9.17, 15) is 4.79 Å². The molecule has 5 nitrogen and oxygen atoms in total. The number of methoxy groups -OCH3 is 1. The first kappa shape index (κ1) is 17.8. The van der Waals surface area contributed by atoms with Gasteiger partial charge in [-0.1, -0.05) is 13.3 Å². The molecule has 1 amide bonds. The summed E-state index contributed by atoms with van der Waals surface area (Å²) in [7, 11) is 1.55. The Bertz CT molecular complexity index is 602. The number of nitrogens with zero attached hydrogens (tertiary/aromatic N) is 1. The van der Waals surface area contributed by atoms with Gasteiger partial charge in [0.1, 0.15) is 0 Å². The first-order chi connectivity index (χ1) is 11.1. The van der Waals surface area contributed by atoms with Gasteiger partial charge in [0.15, 0.2) is 11.5 Å². The van der Waals surface area contributed by atoms with Crippen molar-refractivity contribution in [2.45, 2.75) is 39.5 Å². The fourth-order valence-electron chi connectivity index (χ4n) is 2.66. The Kier molecular flexibility index (Phi) is 6.45. The van der Waals surface area contributed by atoms with E-state index in [1.807, 2.05) is 6.92 Å². The van der Waals surface area contributed by atoms with Crippen molar-refractivity contribution in [2.24, 2.45) is 11.0 Å². The number of rotatable bonds is 5. The number of ether oxygens (including phenoxy) is 2. The van der Waals surface area contributed by atoms with Crippen molar-refractivity contribution in [1.82, 2.24) is 5.43 Å². The average Bonchev–Trinajstić information content (AvgIpc) is 2.55. The van der Waals surface area contributed by atoms with E-state index in [1.165, 1.54) is 6.42 Å². The van der Waals surface area contributed by atoms with Gasteiger partial charge in [0, 0.05) is 11.3 Å². The normalized spacial score (nSPS) is 19.5. The largest absolute Gasteiger partial charge is 0.493 e. The highest BCUT2D eigenvalue weighted by atomic mass is 79.9. The van der Waals surface area contributed by atoms with Crippen LogP contribution in [0.15, 0.2) is 21.7 Å². The lowest BCUT2D eigenvalue weighted by molar-refractivity contribution is 0.0954. The van der Waals surface area contributed by atoms with Crippen molar-refractivity contribution >= 4 is 27.5 Å². The van der Waals surface area contributed by atoms with Gasteiger partial charge < -0.3 is 9.47 Å². The number of hydrogen-bond donors (Lipinski definition) is 1. The predicted molar refractivity (Wildman–Crippen MR) is 94.4 cm³/mol. The Morgan fingerprint density at radius 3 is 2.87 bits per heavy atom. The van der Waals surface area contributed by atoms with Crippen molar-refractivity contribution in [3.63, 3.8) is 0 Å². The van der Waals surface area contributed by atoms with Crippen LogP contribution in [0.2, 0.25) is 0 Å². The van der Waals surface area contributed by atoms with Crippen LogP contribution in [0.5, 0.6) is 11.5 Å². The van der Waals surface area contributed by atoms with Crippen molar-refractivity contribution < 1.29 is 14.3 Å². The molecule has 1 aliphatic carbocycles. The maximum Gasteiger partial charge on any atom is 0.271 e. The van der Waals surface area contributed by atoms with Crippen LogP contribution in [-0.2, 0) is 0 Å². The Hall–Kier alpha value is -1.56. The van der Waals surface area contributed by atoms with Crippen LogP contribution < -0.4 is 14.9 Å². The van der Waals surface area contributed by atoms with E-state index in [1.54, 1.807) is 19.2 Å². The summed E-state index contributed by atoms with van der Waals surface area (Å²) in [5.41, 5.74) is 4.21. The molecule has 0 unspecified atom stereocenters. The fourth-order valence-corrected chi connectivity index (χ4v) is 3.21. The number of benzene rings is 1. The Morgan fingerprint density at radius 2 is 2.22 bits per heavy atom. The molecule has 0 bridgehead atoms. The van der Waals surface area contributed by atoms with Crippen LogP contribution >= 0.6 is 15.9 Å². The van der Waals surface area contributed by atoms with Crippen molar-refractivity contribution in [2.75, 3.05) is 13.7 Å². The summed E-state index contributed by atoms with van der Waals surface area (Å²) in [6.07, 6.45) is 4.47. The minimum absolute atomic E-state index is 0.252. The van der Waals surface area contributed by atoms with Crippen LogP contribution in [0.4, 0.5) is 0 Å². The smallest absolute Gasteiger partial charge is 0.271 e. The summed E-state index contributed by atoms with van der Waals surface area (Å²) >= 11 is 3.42. The minimum atomic E-state index is -0.252. The van der Waals surface area contributed by atoms with Gasteiger partial charge in [0.2, 0.25) is 0 Å². The lowest BCUT2D eigenvalue weighted by Crippen LogP contribution is -2.24. The molecule has 0 spiro atoms. The topological polar surface area (TPSA) is 59.9 Å². The summed E-state index contributed by atoms with van der Waals surface area (Å²) < 4.78 is 11.5. The average molecular weight is 383 g/mol. The summed E-state index contributed by atoms with van der Waals surface area (Å²) in [6, 6.07) is 3.38. The quantitative estimate of drug-likeness (QED) is 0.777. The molecule has 2 rings (SSSR count). The standard InChI is InChI=1S/C17H23BrN2O3/c1-4-23-16-13(18)9-12(10-15(16)22-3)17(21)20-19-14-8-6-5-7-11(14)2/h9-11H,4-8H2,1-3H3,(H,20,21)/b19-14-/t11-/m0/s1. The molecule has 1 N–H and O–H groups in total. The van der Waals surface area contributed by atoms with Crippen LogP contribution in [0.3, 0.4) is 0 Å². The number of carbonyl (C=O) groups excluding carboxylic acids is 1. The second kappa shape index (κ2) is 8.34. The zero-order valence-electron chi connectivity index (χ0n) is 13.8. The van der Waals surface area contributed by atoms with Crippen LogP contribution in [0.25, 0.3) is 0 Å². The SMILES string of the molecule is CCOc1c(Br)cc(C(=O)N/N=C2/CCCC[C@@H]2C)cc1OC. The van der Waals surface area contributed by atoms with Crippen molar-refractivity contribution in [3.8, 4) is 11.5 Å². The minimum Gasteiger partial charge on any atom is -0.493 e. The molecule has 1 aliphatic rings. The molecule has 1 saturated carbocycles. The third-order valence-corrected chi connectivity index (χ3v) is 4.56. The number of carbonyl (C=O) groups is 1. The highest BCUT2D eigenvalue weighted by Gasteiger charge is 2.18. The van der Waals surface area contributed by atoms with E-state index in [4.69, 9.17) is 9.47 Å². The highest BCUT2D eigenvalue weighted by Crippen LogP contribution is 2.36. The second-order valence-corrected chi connectivity index (χ2v) is 6.47. The number of amides is 1. The van der Waals surface area contributed by atoms with Crippen molar-refractivity contribution in [1.29, 1.82) is 0 Å². The first-order valence-electron chi connectivity index (χ1n) is 7.94. The molecule has 23 heavy (non-hydrogen) atoms. The first-order valence-corrected chi connectivity index (χ1v) is 8.73. The number of nitrogens with one attached hydrogen (secondary N) is 1. The second-order valence-electron chi connectivity index (χ2n) is 5.61. The number of hydrazone groups is 1. The molecule has 0 heterocycles. The molecule has 0 aliphatic heterocycles. The monoisotopic (exact) mass is 382 g/mol. The molecule has 1 aromatic carbocycles. The van der Waals surface area contributed by atoms with Gasteiger partial charge >= 0.3 is 0 Å². The van der Waals surface area contributed by atoms with Crippen LogP contribution in [-0.4, -0.2) is 25.3 Å². The molecular weight excluding hydrogens is 360 g/mol. The highest BCUT2D eigenvalue weighted by molar-refractivity contribution is 9.10. The van der Waals surface area contributed by atoms with Gasteiger partial charge in [-0.25, -0.2) is 5.43 Å². The summed E-state index contributed by atoms with van der Waals surface area (Å²) in [4.78, 5) is 12.3. The predicted octanol–water partition coefficient (Wildman–Crippen LogP) is 4.15. The molecule has 0 saturated heterocycles. The van der Waals surface area contributed by atoms with Crippen molar-refractivity contribution in [3.05, 3.63) is 22.2 Å². The molecule has 0 radical (unpaired) electrons.